The third kappa shape index (κ3) is 2.65. The summed E-state index contributed by atoms with van der Waals surface area (Å²) in [6.07, 6.45) is 4.20. The third-order valence-corrected chi connectivity index (χ3v) is 4.91. The molecule has 1 atom stereocenters. The lowest BCUT2D eigenvalue weighted by molar-refractivity contribution is 0.00859. The Kier molecular flexibility index (Phi) is 3.88. The molecule has 0 amide bonds. The summed E-state index contributed by atoms with van der Waals surface area (Å²) >= 11 is 0. The van der Waals surface area contributed by atoms with Crippen molar-refractivity contribution in [3.05, 3.63) is 6.20 Å². The van der Waals surface area contributed by atoms with Crippen LogP contribution in [0.5, 0.6) is 0 Å². The highest BCUT2D eigenvalue weighted by atomic mass is 32.2. The number of nitrogens with one attached hydrogen (secondary N) is 1. The summed E-state index contributed by atoms with van der Waals surface area (Å²) in [5.74, 6) is 0.0615. The van der Waals surface area contributed by atoms with Crippen molar-refractivity contribution >= 4 is 15.8 Å². The molecule has 1 aromatic rings. The Bertz CT molecular complexity index is 493. The Morgan fingerprint density at radius 3 is 2.94 bits per heavy atom. The first kappa shape index (κ1) is 13.3. The van der Waals surface area contributed by atoms with Gasteiger partial charge in [-0.1, -0.05) is 0 Å². The Hall–Kier alpha value is -1.12. The number of H-pyrrole nitrogens is 1. The van der Waals surface area contributed by atoms with Gasteiger partial charge in [0.25, 0.3) is 0 Å². The van der Waals surface area contributed by atoms with Crippen molar-refractivity contribution in [3.8, 4) is 0 Å². The van der Waals surface area contributed by atoms with Gasteiger partial charge >= 0.3 is 0 Å². The molecule has 0 radical (unpaired) electrons. The molecular formula is C10H18N4O3S. The second-order valence-corrected chi connectivity index (χ2v) is 6.44. The zero-order valence-corrected chi connectivity index (χ0v) is 11.1. The molecule has 1 aliphatic heterocycles. The molecule has 0 saturated carbocycles. The Balaban J connectivity index is 2.08. The number of hydrogen-bond acceptors (Lipinski definition) is 5. The van der Waals surface area contributed by atoms with Gasteiger partial charge in [-0.15, -0.1) is 0 Å². The van der Waals surface area contributed by atoms with Crippen LogP contribution in [0.2, 0.25) is 0 Å². The molecule has 0 aromatic carbocycles. The van der Waals surface area contributed by atoms with Crippen LogP contribution in [0.3, 0.4) is 0 Å². The van der Waals surface area contributed by atoms with Crippen LogP contribution in [0.25, 0.3) is 0 Å². The second kappa shape index (κ2) is 5.25. The summed E-state index contributed by atoms with van der Waals surface area (Å²) in [6, 6.07) is 0. The van der Waals surface area contributed by atoms with E-state index in [1.54, 1.807) is 0 Å². The molecule has 1 unspecified atom stereocenters. The zero-order chi connectivity index (χ0) is 13.2. The molecule has 102 valence electrons. The molecule has 1 aromatic heterocycles. The van der Waals surface area contributed by atoms with Crippen LogP contribution in [0.1, 0.15) is 19.3 Å². The average molecular weight is 274 g/mol. The third-order valence-electron chi connectivity index (χ3n) is 3.06. The van der Waals surface area contributed by atoms with Gasteiger partial charge in [-0.25, -0.2) is 8.42 Å². The molecule has 1 aliphatic rings. The van der Waals surface area contributed by atoms with E-state index in [1.165, 1.54) is 17.5 Å². The maximum atomic E-state index is 12.2. The van der Waals surface area contributed by atoms with Crippen molar-refractivity contribution in [2.24, 2.45) is 0 Å². The highest BCUT2D eigenvalue weighted by Gasteiger charge is 2.27. The molecule has 18 heavy (non-hydrogen) atoms. The van der Waals surface area contributed by atoms with Crippen LogP contribution >= 0.6 is 0 Å². The molecule has 7 nitrogen and oxygen atoms in total. The van der Waals surface area contributed by atoms with E-state index >= 15 is 0 Å². The number of rotatable bonds is 4. The Morgan fingerprint density at radius 1 is 1.61 bits per heavy atom. The van der Waals surface area contributed by atoms with E-state index in [-0.39, 0.29) is 16.8 Å². The van der Waals surface area contributed by atoms with Gasteiger partial charge in [0.05, 0.1) is 12.3 Å². The second-order valence-electron chi connectivity index (χ2n) is 4.42. The van der Waals surface area contributed by atoms with Gasteiger partial charge in [-0.05, 0) is 19.3 Å². The first-order valence-electron chi connectivity index (χ1n) is 5.88. The van der Waals surface area contributed by atoms with Crippen LogP contribution in [0.4, 0.5) is 5.82 Å². The molecule has 2 rings (SSSR count). The first-order valence-corrected chi connectivity index (χ1v) is 7.32. The van der Waals surface area contributed by atoms with E-state index in [0.29, 0.717) is 13.2 Å². The number of sulfonamides is 1. The molecule has 1 fully saturated rings. The van der Waals surface area contributed by atoms with Gasteiger partial charge in [0.1, 0.15) is 10.7 Å². The van der Waals surface area contributed by atoms with Crippen molar-refractivity contribution < 1.29 is 13.2 Å². The fourth-order valence-electron chi connectivity index (χ4n) is 1.99. The fraction of sp³-hybridized carbons (Fsp3) is 0.700. The highest BCUT2D eigenvalue weighted by molar-refractivity contribution is 7.89. The maximum Gasteiger partial charge on any atom is 0.248 e. The predicted octanol–water partition coefficient (Wildman–Crippen LogP) is 0.182. The molecule has 3 N–H and O–H groups in total. The van der Waals surface area contributed by atoms with Crippen LogP contribution in [0, 0.1) is 0 Å². The fourth-order valence-corrected chi connectivity index (χ4v) is 3.20. The molecule has 0 bridgehead atoms. The number of aromatic amines is 1. The van der Waals surface area contributed by atoms with Gasteiger partial charge in [0.2, 0.25) is 10.0 Å². The van der Waals surface area contributed by atoms with Crippen molar-refractivity contribution in [1.82, 2.24) is 14.5 Å². The number of hydrogen-bond donors (Lipinski definition) is 2. The number of aromatic nitrogens is 2. The molecule has 0 aliphatic carbocycles. The molecular weight excluding hydrogens is 256 g/mol. The Morgan fingerprint density at radius 2 is 2.39 bits per heavy atom. The number of nitrogens with zero attached hydrogens (tertiary/aromatic N) is 2. The summed E-state index contributed by atoms with van der Waals surface area (Å²) < 4.78 is 31.2. The number of ether oxygens (including phenoxy) is 1. The van der Waals surface area contributed by atoms with Crippen molar-refractivity contribution in [2.45, 2.75) is 30.3 Å². The van der Waals surface area contributed by atoms with Crippen LogP contribution in [-0.4, -0.2) is 49.2 Å². The summed E-state index contributed by atoms with van der Waals surface area (Å²) in [6.45, 7) is 1.04. The summed E-state index contributed by atoms with van der Waals surface area (Å²) in [7, 11) is -2.06. The number of likely N-dealkylation sites (N-methyl/N-ethyl adjacent to an activating group) is 1. The number of nitrogen functional groups attached to an aromatic ring is 1. The van der Waals surface area contributed by atoms with E-state index in [4.69, 9.17) is 10.5 Å². The lowest BCUT2D eigenvalue weighted by atomic mass is 10.1. The van der Waals surface area contributed by atoms with Crippen molar-refractivity contribution in [1.29, 1.82) is 0 Å². The van der Waals surface area contributed by atoms with Crippen molar-refractivity contribution in [3.63, 3.8) is 0 Å². The monoisotopic (exact) mass is 274 g/mol. The summed E-state index contributed by atoms with van der Waals surface area (Å²) in [5.41, 5.74) is 5.54. The average Bonchev–Trinajstić information content (AvgIpc) is 2.77. The zero-order valence-electron chi connectivity index (χ0n) is 10.3. The molecule has 1 saturated heterocycles. The normalized spacial score (nSPS) is 21.3. The minimum Gasteiger partial charge on any atom is -0.383 e. The van der Waals surface area contributed by atoms with E-state index in [0.717, 1.165) is 19.3 Å². The summed E-state index contributed by atoms with van der Waals surface area (Å²) in [4.78, 5) is 0.0146. The van der Waals surface area contributed by atoms with Crippen molar-refractivity contribution in [2.75, 3.05) is 25.9 Å². The minimum atomic E-state index is -3.59. The van der Waals surface area contributed by atoms with Gasteiger partial charge < -0.3 is 10.5 Å². The number of anilines is 1. The first-order chi connectivity index (χ1) is 8.51. The van der Waals surface area contributed by atoms with Crippen LogP contribution in [-0.2, 0) is 14.8 Å². The van der Waals surface area contributed by atoms with Gasteiger partial charge in [-0.3, -0.25) is 5.10 Å². The van der Waals surface area contributed by atoms with E-state index in [2.05, 4.69) is 10.2 Å². The van der Waals surface area contributed by atoms with Gasteiger partial charge in [0, 0.05) is 20.2 Å². The quantitative estimate of drug-likeness (QED) is 0.815. The standard InChI is InChI=1S/C10H18N4O3S/c1-14(7-8-4-2-3-5-17-8)18(15,16)9-6-12-13-10(9)11/h6,8H,2-5,7H2,1H3,(H3,11,12,13). The molecule has 2 heterocycles. The maximum absolute atomic E-state index is 12.2. The minimum absolute atomic E-state index is 0.0146. The van der Waals surface area contributed by atoms with E-state index in [9.17, 15) is 8.42 Å². The van der Waals surface area contributed by atoms with Crippen LogP contribution in [0.15, 0.2) is 11.1 Å². The summed E-state index contributed by atoms with van der Waals surface area (Å²) in [5, 5.41) is 6.05. The molecule has 8 heteroatoms. The SMILES string of the molecule is CN(CC1CCCCO1)S(=O)(=O)c1cn[nH]c1N. The largest absolute Gasteiger partial charge is 0.383 e. The van der Waals surface area contributed by atoms with E-state index < -0.39 is 10.0 Å². The Labute approximate surface area is 106 Å². The lowest BCUT2D eigenvalue weighted by Crippen LogP contribution is -2.37. The smallest absolute Gasteiger partial charge is 0.248 e. The number of nitrogens with two attached hydrogens (primary N) is 1. The van der Waals surface area contributed by atoms with Gasteiger partial charge in [-0.2, -0.15) is 9.40 Å². The highest BCUT2D eigenvalue weighted by Crippen LogP contribution is 2.21. The van der Waals surface area contributed by atoms with Gasteiger partial charge in [0.15, 0.2) is 0 Å². The lowest BCUT2D eigenvalue weighted by Gasteiger charge is -2.26. The topological polar surface area (TPSA) is 101 Å². The van der Waals surface area contributed by atoms with Crippen LogP contribution < -0.4 is 5.73 Å². The predicted molar refractivity (Wildman–Crippen MR) is 66.4 cm³/mol. The van der Waals surface area contributed by atoms with E-state index in [1.807, 2.05) is 0 Å². The molecule has 0 spiro atoms.